The maximum absolute atomic E-state index is 12.2. The van der Waals surface area contributed by atoms with E-state index in [1.807, 2.05) is 12.1 Å². The fraction of sp³-hybridized carbons (Fsp3) is 0.357. The molecular formula is C14H15N3O3. The maximum Gasteiger partial charge on any atom is 0.329 e. The van der Waals surface area contributed by atoms with E-state index >= 15 is 0 Å². The number of carbonyl (C=O) groups is 2. The van der Waals surface area contributed by atoms with Gasteiger partial charge in [0.1, 0.15) is 16.9 Å². The van der Waals surface area contributed by atoms with Crippen LogP contribution in [0.25, 0.3) is 5.65 Å². The highest BCUT2D eigenvalue weighted by molar-refractivity contribution is 5.97. The highest BCUT2D eigenvalue weighted by Crippen LogP contribution is 2.39. The van der Waals surface area contributed by atoms with Gasteiger partial charge in [0.25, 0.3) is 5.91 Å². The molecule has 0 radical (unpaired) electrons. The number of aliphatic carboxylic acids is 1. The highest BCUT2D eigenvalue weighted by Gasteiger charge is 2.48. The molecule has 1 fully saturated rings. The van der Waals surface area contributed by atoms with E-state index in [9.17, 15) is 14.7 Å². The van der Waals surface area contributed by atoms with Gasteiger partial charge in [0.15, 0.2) is 0 Å². The third-order valence-corrected chi connectivity index (χ3v) is 3.81. The summed E-state index contributed by atoms with van der Waals surface area (Å²) >= 11 is 0. The molecule has 6 nitrogen and oxygen atoms in total. The van der Waals surface area contributed by atoms with Gasteiger partial charge in [-0.1, -0.05) is 6.07 Å². The zero-order chi connectivity index (χ0) is 14.3. The summed E-state index contributed by atoms with van der Waals surface area (Å²) in [7, 11) is 0. The van der Waals surface area contributed by atoms with Crippen LogP contribution >= 0.6 is 0 Å². The average molecular weight is 273 g/mol. The van der Waals surface area contributed by atoms with E-state index in [1.165, 1.54) is 0 Å². The van der Waals surface area contributed by atoms with Gasteiger partial charge in [0.05, 0.1) is 0 Å². The molecule has 20 heavy (non-hydrogen) atoms. The minimum Gasteiger partial charge on any atom is -0.480 e. The minimum absolute atomic E-state index is 0.000909. The number of imidazole rings is 1. The first-order valence-corrected chi connectivity index (χ1v) is 6.50. The van der Waals surface area contributed by atoms with Crippen LogP contribution in [0.3, 0.4) is 0 Å². The Morgan fingerprint density at radius 3 is 2.80 bits per heavy atom. The van der Waals surface area contributed by atoms with Gasteiger partial charge in [-0.05, 0) is 37.8 Å². The Bertz CT molecular complexity index is 657. The SMILES string of the molecule is CC(NC(=O)c1cn2ccccc2n1)(C(=O)O)C1CC1. The second kappa shape index (κ2) is 4.33. The molecule has 2 N–H and O–H groups in total. The average Bonchev–Trinajstić information content (AvgIpc) is 3.17. The fourth-order valence-corrected chi connectivity index (χ4v) is 2.33. The van der Waals surface area contributed by atoms with Crippen LogP contribution < -0.4 is 5.32 Å². The van der Waals surface area contributed by atoms with Gasteiger partial charge in [-0.3, -0.25) is 4.79 Å². The minimum atomic E-state index is -1.22. The molecule has 1 saturated carbocycles. The van der Waals surface area contributed by atoms with E-state index in [-0.39, 0.29) is 11.6 Å². The lowest BCUT2D eigenvalue weighted by Crippen LogP contribution is -2.54. The number of hydrogen-bond donors (Lipinski definition) is 2. The summed E-state index contributed by atoms with van der Waals surface area (Å²) in [6.45, 7) is 1.56. The van der Waals surface area contributed by atoms with Crippen molar-refractivity contribution in [2.75, 3.05) is 0 Å². The number of amides is 1. The van der Waals surface area contributed by atoms with Gasteiger partial charge >= 0.3 is 5.97 Å². The first-order valence-electron chi connectivity index (χ1n) is 6.50. The smallest absolute Gasteiger partial charge is 0.329 e. The lowest BCUT2D eigenvalue weighted by Gasteiger charge is -2.25. The first kappa shape index (κ1) is 12.7. The van der Waals surface area contributed by atoms with E-state index in [4.69, 9.17) is 0 Å². The van der Waals surface area contributed by atoms with Crippen LogP contribution in [0.5, 0.6) is 0 Å². The molecule has 0 spiro atoms. The van der Waals surface area contributed by atoms with E-state index < -0.39 is 17.4 Å². The number of nitrogens with one attached hydrogen (secondary N) is 1. The summed E-state index contributed by atoms with van der Waals surface area (Å²) in [6, 6.07) is 5.45. The van der Waals surface area contributed by atoms with Gasteiger partial charge in [-0.25, -0.2) is 9.78 Å². The van der Waals surface area contributed by atoms with E-state index in [1.54, 1.807) is 29.8 Å². The van der Waals surface area contributed by atoms with Crippen molar-refractivity contribution in [3.8, 4) is 0 Å². The van der Waals surface area contributed by atoms with Crippen LogP contribution in [-0.4, -0.2) is 31.9 Å². The predicted octanol–water partition coefficient (Wildman–Crippen LogP) is 1.32. The Balaban J connectivity index is 1.86. The third-order valence-electron chi connectivity index (χ3n) is 3.81. The topological polar surface area (TPSA) is 83.7 Å². The summed E-state index contributed by atoms with van der Waals surface area (Å²) in [4.78, 5) is 27.8. The molecule has 0 aliphatic heterocycles. The summed E-state index contributed by atoms with van der Waals surface area (Å²) in [5, 5.41) is 12.0. The van der Waals surface area contributed by atoms with Crippen LogP contribution in [0.15, 0.2) is 30.6 Å². The van der Waals surface area contributed by atoms with E-state index in [0.29, 0.717) is 5.65 Å². The predicted molar refractivity (Wildman–Crippen MR) is 71.4 cm³/mol. The van der Waals surface area contributed by atoms with Crippen molar-refractivity contribution >= 4 is 17.5 Å². The maximum atomic E-state index is 12.2. The van der Waals surface area contributed by atoms with Crippen molar-refractivity contribution in [3.63, 3.8) is 0 Å². The Labute approximate surface area is 115 Å². The van der Waals surface area contributed by atoms with Crippen LogP contribution in [0.2, 0.25) is 0 Å². The lowest BCUT2D eigenvalue weighted by atomic mass is 9.96. The number of fused-ring (bicyclic) bond motifs is 1. The molecule has 1 aliphatic carbocycles. The van der Waals surface area contributed by atoms with Crippen LogP contribution in [-0.2, 0) is 4.79 Å². The fourth-order valence-electron chi connectivity index (χ4n) is 2.33. The molecule has 3 rings (SSSR count). The van der Waals surface area contributed by atoms with Gasteiger partial charge in [0, 0.05) is 12.4 Å². The Kier molecular flexibility index (Phi) is 2.74. The number of carboxylic acids is 1. The number of carbonyl (C=O) groups excluding carboxylic acids is 1. The number of hydrogen-bond acceptors (Lipinski definition) is 3. The molecule has 0 saturated heterocycles. The first-order chi connectivity index (χ1) is 9.50. The third kappa shape index (κ3) is 2.03. The van der Waals surface area contributed by atoms with Crippen molar-refractivity contribution in [1.82, 2.24) is 14.7 Å². The van der Waals surface area contributed by atoms with Crippen LogP contribution in [0.1, 0.15) is 30.3 Å². The molecule has 0 aromatic carbocycles. The molecule has 104 valence electrons. The molecule has 1 atom stereocenters. The summed E-state index contributed by atoms with van der Waals surface area (Å²) in [5.41, 5.74) is -0.335. The van der Waals surface area contributed by atoms with E-state index in [0.717, 1.165) is 12.8 Å². The number of nitrogens with zero attached hydrogens (tertiary/aromatic N) is 2. The number of pyridine rings is 1. The van der Waals surface area contributed by atoms with Gasteiger partial charge < -0.3 is 14.8 Å². The summed E-state index contributed by atoms with van der Waals surface area (Å²) < 4.78 is 1.73. The molecule has 2 aromatic heterocycles. The highest BCUT2D eigenvalue weighted by atomic mass is 16.4. The van der Waals surface area contributed by atoms with E-state index in [2.05, 4.69) is 10.3 Å². The second-order valence-electron chi connectivity index (χ2n) is 5.33. The summed E-state index contributed by atoms with van der Waals surface area (Å²) in [5.74, 6) is -1.46. The molecule has 0 bridgehead atoms. The molecule has 1 amide bonds. The largest absolute Gasteiger partial charge is 0.480 e. The number of carboxylic acid groups (broad SMARTS) is 1. The quantitative estimate of drug-likeness (QED) is 0.880. The molecule has 2 heterocycles. The molecule has 1 aliphatic rings. The monoisotopic (exact) mass is 273 g/mol. The van der Waals surface area contributed by atoms with Gasteiger partial charge in [-0.2, -0.15) is 0 Å². The second-order valence-corrected chi connectivity index (χ2v) is 5.33. The van der Waals surface area contributed by atoms with Gasteiger partial charge in [-0.15, -0.1) is 0 Å². The molecule has 2 aromatic rings. The molecule has 6 heteroatoms. The van der Waals surface area contributed by atoms with Crippen LogP contribution in [0.4, 0.5) is 0 Å². The Morgan fingerprint density at radius 2 is 2.20 bits per heavy atom. The van der Waals surface area contributed by atoms with Gasteiger partial charge in [0.2, 0.25) is 0 Å². The number of rotatable bonds is 4. The van der Waals surface area contributed by atoms with Crippen LogP contribution in [0, 0.1) is 5.92 Å². The van der Waals surface area contributed by atoms with Crippen molar-refractivity contribution in [2.24, 2.45) is 5.92 Å². The normalized spacial score (nSPS) is 17.6. The number of aromatic nitrogens is 2. The zero-order valence-electron chi connectivity index (χ0n) is 11.0. The van der Waals surface area contributed by atoms with Crippen molar-refractivity contribution in [1.29, 1.82) is 0 Å². The zero-order valence-corrected chi connectivity index (χ0v) is 11.0. The lowest BCUT2D eigenvalue weighted by molar-refractivity contribution is -0.144. The van der Waals surface area contributed by atoms with Crippen molar-refractivity contribution in [3.05, 3.63) is 36.3 Å². The Hall–Kier alpha value is -2.37. The van der Waals surface area contributed by atoms with Crippen molar-refractivity contribution < 1.29 is 14.7 Å². The molecule has 1 unspecified atom stereocenters. The molecular weight excluding hydrogens is 258 g/mol. The van der Waals surface area contributed by atoms with Crippen molar-refractivity contribution in [2.45, 2.75) is 25.3 Å². The standard InChI is InChI=1S/C14H15N3O3/c1-14(13(19)20,9-5-6-9)16-12(18)10-8-17-7-3-2-4-11(17)15-10/h2-4,7-9H,5-6H2,1H3,(H,16,18)(H,19,20). The Morgan fingerprint density at radius 1 is 1.45 bits per heavy atom. The summed E-state index contributed by atoms with van der Waals surface area (Å²) in [6.07, 6.45) is 5.04.